The van der Waals surface area contributed by atoms with Crippen molar-refractivity contribution in [2.75, 3.05) is 62.4 Å². The number of aliphatic hydroxyl groups is 4. The summed E-state index contributed by atoms with van der Waals surface area (Å²) in [6.07, 6.45) is -5.07. The third kappa shape index (κ3) is 13.0. The number of halogens is 5. The van der Waals surface area contributed by atoms with Crippen LogP contribution in [-0.2, 0) is 35.0 Å². The summed E-state index contributed by atoms with van der Waals surface area (Å²) in [6.45, 7) is 6.08. The fraction of sp³-hybridized carbons (Fsp3) is 0.538. The fourth-order valence-corrected chi connectivity index (χ4v) is 14.5. The first kappa shape index (κ1) is 55.2. The smallest absolute Gasteiger partial charge is 0.253 e. The Morgan fingerprint density at radius 3 is 1.39 bits per heavy atom. The van der Waals surface area contributed by atoms with Crippen LogP contribution in [0.5, 0.6) is 0 Å². The highest BCUT2D eigenvalue weighted by Gasteiger charge is 2.39. The number of primary amides is 2. The molecule has 0 bridgehead atoms. The predicted octanol–water partition coefficient (Wildman–Crippen LogP) is 1.70. The number of ether oxygens (including phenoxy) is 4. The van der Waals surface area contributed by atoms with E-state index in [2.05, 4.69) is 10.6 Å². The first-order valence-corrected chi connectivity index (χ1v) is 24.9. The van der Waals surface area contributed by atoms with Gasteiger partial charge in [-0.05, 0) is 153 Å². The highest BCUT2D eigenvalue weighted by atomic mass is 127. The van der Waals surface area contributed by atoms with Gasteiger partial charge in [0.25, 0.3) is 17.7 Å². The molecule has 4 rings (SSSR count). The molecule has 0 spiro atoms. The quantitative estimate of drug-likeness (QED) is 0.0734. The lowest BCUT2D eigenvalue weighted by Crippen LogP contribution is -2.46. The number of hydrogen-bond donors (Lipinski definition) is 8. The van der Waals surface area contributed by atoms with Crippen LogP contribution < -0.4 is 31.9 Å². The van der Waals surface area contributed by atoms with Gasteiger partial charge in [0.15, 0.2) is 11.6 Å². The largest absolute Gasteiger partial charge is 0.394 e. The summed E-state index contributed by atoms with van der Waals surface area (Å²) < 4.78 is 23.4. The Morgan fingerprint density at radius 1 is 0.656 bits per heavy atom. The maximum atomic E-state index is 14.7. The number of rotatable bonds is 19. The molecule has 2 aromatic rings. The number of carbonyl (C=O) groups excluding carboxylic acids is 6. The third-order valence-corrected chi connectivity index (χ3v) is 15.1. The Balaban J connectivity index is 1.84. The topological polar surface area (TPSA) is 303 Å². The van der Waals surface area contributed by atoms with Crippen LogP contribution >= 0.6 is 113 Å². The minimum Gasteiger partial charge on any atom is -0.394 e. The number of nitrogens with two attached hydrogens (primary N) is 2. The van der Waals surface area contributed by atoms with E-state index in [9.17, 15) is 49.2 Å². The van der Waals surface area contributed by atoms with Gasteiger partial charge < -0.3 is 71.3 Å². The normalized spacial score (nSPS) is 18.6. The van der Waals surface area contributed by atoms with Crippen molar-refractivity contribution in [3.8, 4) is 0 Å². The highest BCUT2D eigenvalue weighted by molar-refractivity contribution is 14.1. The van der Waals surface area contributed by atoms with E-state index >= 15 is 0 Å². The molecule has 2 aliphatic heterocycles. The predicted molar refractivity (Wildman–Crippen MR) is 273 cm³/mol. The molecule has 4 atom stereocenters. The van der Waals surface area contributed by atoms with Gasteiger partial charge >= 0.3 is 0 Å². The van der Waals surface area contributed by atoms with E-state index in [-0.39, 0.29) is 89.8 Å². The molecule has 2 aliphatic rings. The Hall–Kier alpha value is -1.41. The molecule has 0 saturated carbocycles. The van der Waals surface area contributed by atoms with E-state index in [4.69, 9.17) is 30.4 Å². The Labute approximate surface area is 437 Å². The molecule has 2 saturated heterocycles. The number of nitrogens with one attached hydrogen (secondary N) is 2. The second-order valence-electron chi connectivity index (χ2n) is 15.5. The minimum atomic E-state index is -1.59. The monoisotopic (exact) mass is 1460 g/mol. The molecule has 0 aromatic heterocycles. The van der Waals surface area contributed by atoms with Crippen LogP contribution in [0.4, 0.5) is 11.4 Å². The van der Waals surface area contributed by atoms with Crippen molar-refractivity contribution in [2.24, 2.45) is 11.5 Å². The average molecular weight is 1460 g/mol. The standard InChI is InChI=1S/C39H49I5N6O14/c1-6-20-23(34(45)57)28(41)32(29(42)24(20)36(59)47-8-18-14-61-38(2,3)63-18)49(10-16(53)12-51)21(55)7-22(56)50(11-17(54)13-52)33-30(43)25(35(46)58)27(40)26(31(33)44)37(60)48-9-19-15-62-39(4,5)64-19/h16-19,51-54H,6-15H2,1-5H3,(H2,45,57)(H2,46,58)(H,47,59)(H,48,60). The Morgan fingerprint density at radius 2 is 1.03 bits per heavy atom. The van der Waals surface area contributed by atoms with Gasteiger partial charge in [-0.3, -0.25) is 28.8 Å². The molecule has 354 valence electrons. The summed E-state index contributed by atoms with van der Waals surface area (Å²) in [5, 5.41) is 47.0. The maximum absolute atomic E-state index is 14.7. The van der Waals surface area contributed by atoms with Crippen LogP contribution in [-0.4, -0.2) is 144 Å². The summed E-state index contributed by atoms with van der Waals surface area (Å²) in [5.41, 5.74) is 11.6. The summed E-state index contributed by atoms with van der Waals surface area (Å²) >= 11 is 9.01. The molecule has 2 fully saturated rings. The highest BCUT2D eigenvalue weighted by Crippen LogP contribution is 2.40. The first-order chi connectivity index (χ1) is 29.8. The van der Waals surface area contributed by atoms with Crippen LogP contribution in [0, 0.1) is 17.9 Å². The van der Waals surface area contributed by atoms with Gasteiger partial charge in [-0.2, -0.15) is 0 Å². The van der Waals surface area contributed by atoms with E-state index in [1.807, 2.05) is 45.2 Å². The van der Waals surface area contributed by atoms with Gasteiger partial charge in [-0.15, -0.1) is 0 Å². The van der Waals surface area contributed by atoms with Crippen LogP contribution in [0.15, 0.2) is 0 Å². The summed E-state index contributed by atoms with van der Waals surface area (Å²) in [7, 11) is 0. The Kier molecular flexibility index (Phi) is 20.1. The number of nitrogens with zero attached hydrogens (tertiary/aromatic N) is 2. The second-order valence-corrected chi connectivity index (χ2v) is 20.9. The number of amides is 6. The molecule has 0 radical (unpaired) electrons. The van der Waals surface area contributed by atoms with E-state index in [0.29, 0.717) is 0 Å². The van der Waals surface area contributed by atoms with E-state index in [0.717, 1.165) is 9.80 Å². The van der Waals surface area contributed by atoms with Gasteiger partial charge in [-0.25, -0.2) is 0 Å². The van der Waals surface area contributed by atoms with Crippen LogP contribution in [0.25, 0.3) is 0 Å². The molecule has 2 aromatic carbocycles. The molecular formula is C39H49I5N6O14. The molecule has 64 heavy (non-hydrogen) atoms. The lowest BCUT2D eigenvalue weighted by Gasteiger charge is -2.32. The number of aliphatic hydroxyl groups excluding tert-OH is 4. The van der Waals surface area contributed by atoms with Crippen LogP contribution in [0.2, 0.25) is 0 Å². The van der Waals surface area contributed by atoms with Crippen LogP contribution in [0.3, 0.4) is 0 Å². The van der Waals surface area contributed by atoms with Crippen molar-refractivity contribution in [1.82, 2.24) is 10.6 Å². The van der Waals surface area contributed by atoms with Crippen molar-refractivity contribution < 1.29 is 68.1 Å². The molecule has 6 amide bonds. The lowest BCUT2D eigenvalue weighted by atomic mass is 9.95. The van der Waals surface area contributed by atoms with E-state index in [1.165, 1.54) is 0 Å². The van der Waals surface area contributed by atoms with Crippen molar-refractivity contribution >= 4 is 160 Å². The Bertz CT molecular complexity index is 2180. The second kappa shape index (κ2) is 23.3. The number of carbonyl (C=O) groups is 6. The summed E-state index contributed by atoms with van der Waals surface area (Å²) in [4.78, 5) is 85.3. The molecule has 10 N–H and O–H groups in total. The van der Waals surface area contributed by atoms with Gasteiger partial charge in [0.05, 0.1) is 99.6 Å². The maximum Gasteiger partial charge on any atom is 0.253 e. The molecule has 2 heterocycles. The molecule has 4 unspecified atom stereocenters. The number of hydrogen-bond acceptors (Lipinski definition) is 14. The molecule has 20 nitrogen and oxygen atoms in total. The van der Waals surface area contributed by atoms with Gasteiger partial charge in [0.2, 0.25) is 17.7 Å². The first-order valence-electron chi connectivity index (χ1n) is 19.5. The minimum absolute atomic E-state index is 0.00989. The molecule has 25 heteroatoms. The van der Waals surface area contributed by atoms with Gasteiger partial charge in [-0.1, -0.05) is 6.92 Å². The zero-order valence-corrected chi connectivity index (χ0v) is 46.0. The lowest BCUT2D eigenvalue weighted by molar-refractivity contribution is -0.138. The number of benzene rings is 2. The van der Waals surface area contributed by atoms with Crippen molar-refractivity contribution in [1.29, 1.82) is 0 Å². The summed E-state index contributed by atoms with van der Waals surface area (Å²) in [5.74, 6) is -6.97. The van der Waals surface area contributed by atoms with Crippen molar-refractivity contribution in [3.05, 3.63) is 45.7 Å². The van der Waals surface area contributed by atoms with Crippen molar-refractivity contribution in [3.63, 3.8) is 0 Å². The van der Waals surface area contributed by atoms with Crippen molar-refractivity contribution in [2.45, 2.75) is 83.5 Å². The zero-order valence-electron chi connectivity index (χ0n) is 35.2. The fourth-order valence-electron chi connectivity index (χ4n) is 6.92. The van der Waals surface area contributed by atoms with E-state index < -0.39 is 104 Å². The average Bonchev–Trinajstić information content (AvgIpc) is 3.75. The van der Waals surface area contributed by atoms with Gasteiger partial charge in [0.1, 0.15) is 18.6 Å². The van der Waals surface area contributed by atoms with Crippen LogP contribution in [0.1, 0.15) is 88.0 Å². The molecular weight excluding hydrogens is 1410 g/mol. The zero-order chi connectivity index (χ0) is 48.2. The van der Waals surface area contributed by atoms with E-state index in [1.54, 1.807) is 102 Å². The third-order valence-electron chi connectivity index (χ3n) is 9.82. The summed E-state index contributed by atoms with van der Waals surface area (Å²) in [6, 6.07) is 0. The SMILES string of the molecule is CCc1c(C(N)=O)c(I)c(N(CC(O)CO)C(=O)CC(=O)N(CC(O)CO)c2c(I)c(C(N)=O)c(I)c(C(=O)NCC3COC(C)(C)O3)c2I)c(I)c1C(=O)NCC1COC(C)(C)O1. The van der Waals surface area contributed by atoms with Gasteiger partial charge in [0, 0.05) is 16.7 Å². The molecule has 0 aliphatic carbocycles. The number of anilines is 2.